The Morgan fingerprint density at radius 3 is 2.48 bits per heavy atom. The molecule has 10 nitrogen and oxygen atoms in total. The number of methoxy groups -OCH3 is 1. The van der Waals surface area contributed by atoms with Crippen molar-refractivity contribution in [1.82, 2.24) is 24.3 Å². The molecule has 2 fully saturated rings. The number of likely N-dealkylation sites (tertiary alicyclic amines) is 1. The number of nitrogens with one attached hydrogen (secondary N) is 1. The number of likely N-dealkylation sites (N-methyl/N-ethyl adjacent to an activating group) is 1. The van der Waals surface area contributed by atoms with E-state index in [1.165, 1.54) is 18.4 Å². The summed E-state index contributed by atoms with van der Waals surface area (Å²) in [7, 11) is 5.76. The molecular formula is C36H49N7O3. The third-order valence-electron chi connectivity index (χ3n) is 9.45. The van der Waals surface area contributed by atoms with Crippen LogP contribution in [-0.2, 0) is 25.4 Å². The number of piperazine rings is 1. The molecule has 0 unspecified atom stereocenters. The predicted molar refractivity (Wildman–Crippen MR) is 183 cm³/mol. The van der Waals surface area contributed by atoms with Crippen molar-refractivity contribution in [3.05, 3.63) is 64.6 Å². The Morgan fingerprint density at radius 2 is 1.76 bits per heavy atom. The highest BCUT2D eigenvalue weighted by atomic mass is 16.5. The van der Waals surface area contributed by atoms with E-state index in [9.17, 15) is 4.79 Å². The number of benzene rings is 1. The van der Waals surface area contributed by atoms with Crippen molar-refractivity contribution in [2.75, 3.05) is 63.6 Å². The van der Waals surface area contributed by atoms with Crippen LogP contribution in [0.25, 0.3) is 5.76 Å². The molecule has 0 saturated carbocycles. The number of nitrogens with zero attached hydrogens (tertiary/aromatic N) is 6. The van der Waals surface area contributed by atoms with Crippen LogP contribution in [0.1, 0.15) is 79.3 Å². The monoisotopic (exact) mass is 627 g/mol. The van der Waals surface area contributed by atoms with Crippen molar-refractivity contribution in [3.63, 3.8) is 0 Å². The second-order valence-corrected chi connectivity index (χ2v) is 13.9. The number of allylic oxidation sites excluding steroid dienone is 1. The average molecular weight is 628 g/mol. The lowest BCUT2D eigenvalue weighted by Crippen LogP contribution is -2.45. The lowest BCUT2D eigenvalue weighted by Gasteiger charge is -2.32. The minimum absolute atomic E-state index is 0.0872. The van der Waals surface area contributed by atoms with Crippen LogP contribution in [0.5, 0.6) is 11.6 Å². The van der Waals surface area contributed by atoms with Crippen molar-refractivity contribution in [2.45, 2.75) is 64.8 Å². The van der Waals surface area contributed by atoms with E-state index in [-0.39, 0.29) is 11.3 Å². The van der Waals surface area contributed by atoms with E-state index >= 15 is 0 Å². The van der Waals surface area contributed by atoms with Crippen molar-refractivity contribution in [3.8, 4) is 11.6 Å². The van der Waals surface area contributed by atoms with Crippen LogP contribution in [0, 0.1) is 0 Å². The second kappa shape index (κ2) is 13.5. The number of hydrogen-bond donors (Lipinski definition) is 1. The maximum atomic E-state index is 14.0. The zero-order valence-corrected chi connectivity index (χ0v) is 28.4. The lowest BCUT2D eigenvalue weighted by atomic mass is 9.85. The standard InChI is InChI=1S/C36H49N7O3/c1-36(2,3)27-21-26(24-42-15-9-10-16-42)33(45-6)28(23-27)38-34(44)29-22-25-11-7-8-12-30(32(25)41(29)5)46-31-13-14-37-35(39-31)43-19-17-40(4)18-20-43/h12-14,21-23H,7-11,15-20,24H2,1-6H3,(H,38,44). The average Bonchev–Trinajstić information content (AvgIpc) is 3.60. The lowest BCUT2D eigenvalue weighted by molar-refractivity contribution is 0.101. The van der Waals surface area contributed by atoms with E-state index in [0.717, 1.165) is 93.4 Å². The van der Waals surface area contributed by atoms with Gasteiger partial charge in [-0.2, -0.15) is 4.98 Å². The summed E-state index contributed by atoms with van der Waals surface area (Å²) < 4.78 is 14.4. The van der Waals surface area contributed by atoms with Crippen LogP contribution in [0.3, 0.4) is 0 Å². The van der Waals surface area contributed by atoms with Gasteiger partial charge in [-0.1, -0.05) is 26.8 Å². The number of ether oxygens (including phenoxy) is 2. The SMILES string of the molecule is COc1c(CN2CCCC2)cc(C(C)(C)C)cc1NC(=O)c1cc2c(n1C)C(Oc1ccnc(N3CCN(C)CC3)n1)=CCCC2. The Hall–Kier alpha value is -3.89. The van der Waals surface area contributed by atoms with Gasteiger partial charge >= 0.3 is 0 Å². The van der Waals surface area contributed by atoms with Gasteiger partial charge in [0.25, 0.3) is 5.91 Å². The normalized spacial score (nSPS) is 17.8. The number of anilines is 2. The Kier molecular flexibility index (Phi) is 9.38. The fourth-order valence-corrected chi connectivity index (χ4v) is 6.71. The van der Waals surface area contributed by atoms with Crippen molar-refractivity contribution >= 4 is 23.3 Å². The van der Waals surface area contributed by atoms with Crippen LogP contribution < -0.4 is 19.7 Å². The number of rotatable bonds is 8. The third kappa shape index (κ3) is 6.93. The van der Waals surface area contributed by atoms with E-state index in [0.29, 0.717) is 23.2 Å². The van der Waals surface area contributed by atoms with E-state index < -0.39 is 0 Å². The van der Waals surface area contributed by atoms with Crippen molar-refractivity contribution in [1.29, 1.82) is 0 Å². The van der Waals surface area contributed by atoms with E-state index in [1.54, 1.807) is 19.4 Å². The van der Waals surface area contributed by atoms with Gasteiger partial charge in [0.05, 0.1) is 18.5 Å². The molecule has 246 valence electrons. The molecule has 46 heavy (non-hydrogen) atoms. The van der Waals surface area contributed by atoms with Gasteiger partial charge in [0.2, 0.25) is 11.8 Å². The zero-order chi connectivity index (χ0) is 32.4. The number of hydrogen-bond acceptors (Lipinski definition) is 8. The summed E-state index contributed by atoms with van der Waals surface area (Å²) in [5.74, 6) is 2.46. The number of amides is 1. The molecule has 1 aliphatic carbocycles. The highest BCUT2D eigenvalue weighted by molar-refractivity contribution is 6.05. The van der Waals surface area contributed by atoms with E-state index in [4.69, 9.17) is 14.5 Å². The van der Waals surface area contributed by atoms with E-state index in [1.807, 2.05) is 17.7 Å². The fourth-order valence-electron chi connectivity index (χ4n) is 6.71. The molecule has 1 N–H and O–H groups in total. The first-order chi connectivity index (χ1) is 22.1. The smallest absolute Gasteiger partial charge is 0.272 e. The van der Waals surface area contributed by atoms with E-state index in [2.05, 4.69) is 71.0 Å². The zero-order valence-electron chi connectivity index (χ0n) is 28.4. The van der Waals surface area contributed by atoms with Gasteiger partial charge in [-0.25, -0.2) is 4.98 Å². The minimum Gasteiger partial charge on any atom is -0.494 e. The van der Waals surface area contributed by atoms with Gasteiger partial charge in [0.15, 0.2) is 0 Å². The predicted octanol–water partition coefficient (Wildman–Crippen LogP) is 5.48. The third-order valence-corrected chi connectivity index (χ3v) is 9.45. The molecule has 3 aliphatic rings. The summed E-state index contributed by atoms with van der Waals surface area (Å²) in [4.78, 5) is 30.3. The summed E-state index contributed by atoms with van der Waals surface area (Å²) in [6.45, 7) is 13.3. The van der Waals surface area contributed by atoms with Crippen molar-refractivity contribution < 1.29 is 14.3 Å². The molecule has 2 saturated heterocycles. The largest absolute Gasteiger partial charge is 0.494 e. The van der Waals surface area contributed by atoms with Crippen LogP contribution in [0.2, 0.25) is 0 Å². The highest BCUT2D eigenvalue weighted by Crippen LogP contribution is 2.37. The first kappa shape index (κ1) is 32.1. The highest BCUT2D eigenvalue weighted by Gasteiger charge is 2.27. The van der Waals surface area contributed by atoms with Gasteiger partial charge in [-0.15, -0.1) is 0 Å². The number of aryl methyl sites for hydroxylation is 1. The van der Waals surface area contributed by atoms with Crippen LogP contribution in [-0.4, -0.2) is 83.7 Å². The molecule has 1 amide bonds. The van der Waals surface area contributed by atoms with Crippen LogP contribution in [0.15, 0.2) is 36.5 Å². The maximum absolute atomic E-state index is 14.0. The summed E-state index contributed by atoms with van der Waals surface area (Å²) in [6.07, 6.45) is 9.04. The quantitative estimate of drug-likeness (QED) is 0.352. The second-order valence-electron chi connectivity index (χ2n) is 13.9. The number of carbonyl (C=O) groups excluding carboxylic acids is 1. The molecule has 0 spiro atoms. The van der Waals surface area contributed by atoms with Gasteiger partial charge in [0.1, 0.15) is 17.2 Å². The number of aromatic nitrogens is 3. The Labute approximate surface area is 273 Å². The molecule has 3 aromatic rings. The summed E-state index contributed by atoms with van der Waals surface area (Å²) in [5.41, 5.74) is 5.47. The summed E-state index contributed by atoms with van der Waals surface area (Å²) in [5, 5.41) is 3.24. The molecular weight excluding hydrogens is 578 g/mol. The molecule has 0 bridgehead atoms. The van der Waals surface area contributed by atoms with Gasteiger partial charge in [-0.3, -0.25) is 9.69 Å². The first-order valence-corrected chi connectivity index (χ1v) is 16.7. The Bertz CT molecular complexity index is 1590. The van der Waals surface area contributed by atoms with Crippen LogP contribution in [0.4, 0.5) is 11.6 Å². The molecule has 2 aromatic heterocycles. The fraction of sp³-hybridized carbons (Fsp3) is 0.528. The molecule has 4 heterocycles. The van der Waals surface area contributed by atoms with Gasteiger partial charge < -0.3 is 29.2 Å². The Balaban J connectivity index is 1.27. The molecule has 0 atom stereocenters. The van der Waals surface area contributed by atoms with Gasteiger partial charge in [0, 0.05) is 57.6 Å². The Morgan fingerprint density at radius 1 is 1.00 bits per heavy atom. The summed E-state index contributed by atoms with van der Waals surface area (Å²) in [6, 6.07) is 8.12. The number of fused-ring (bicyclic) bond motifs is 1. The molecule has 2 aliphatic heterocycles. The van der Waals surface area contributed by atoms with Crippen LogP contribution >= 0.6 is 0 Å². The maximum Gasteiger partial charge on any atom is 0.272 e. The molecule has 6 rings (SSSR count). The first-order valence-electron chi connectivity index (χ1n) is 16.7. The summed E-state index contributed by atoms with van der Waals surface area (Å²) >= 11 is 0. The molecule has 0 radical (unpaired) electrons. The van der Waals surface area contributed by atoms with Gasteiger partial charge in [-0.05, 0) is 87.0 Å². The number of carbonyl (C=O) groups is 1. The minimum atomic E-state index is -0.175. The van der Waals surface area contributed by atoms with Crippen molar-refractivity contribution in [2.24, 2.45) is 7.05 Å². The molecule has 1 aromatic carbocycles. The topological polar surface area (TPSA) is 88.0 Å². The molecule has 10 heteroatoms.